The number of alkyl halides is 1. The Kier molecular flexibility index (Phi) is 15.7. The Morgan fingerprint density at radius 3 is 2.46 bits per heavy atom. The van der Waals surface area contributed by atoms with E-state index in [0.29, 0.717) is 23.1 Å². The van der Waals surface area contributed by atoms with Gasteiger partial charge in [0.05, 0.1) is 19.3 Å². The van der Waals surface area contributed by atoms with Crippen LogP contribution in [0.3, 0.4) is 0 Å². The summed E-state index contributed by atoms with van der Waals surface area (Å²) in [5.41, 5.74) is 0. The number of carbonyl (C=O) groups excluding carboxylic acids is 1. The van der Waals surface area contributed by atoms with Gasteiger partial charge in [0.25, 0.3) is 0 Å². The zero-order valence-electron chi connectivity index (χ0n) is 24.6. The molecule has 0 radical (unpaired) electrons. The average molecular weight is 614 g/mol. The summed E-state index contributed by atoms with van der Waals surface area (Å²) in [5.74, 6) is 0.987. The Balaban J connectivity index is 1.69. The fourth-order valence-electron chi connectivity index (χ4n) is 5.93. The van der Waals surface area contributed by atoms with Crippen LogP contribution in [0, 0.1) is 17.8 Å². The van der Waals surface area contributed by atoms with Crippen LogP contribution >= 0.6 is 15.9 Å². The third-order valence-corrected chi connectivity index (χ3v) is 9.46. The SMILES string of the molecule is CCCCC(C)[C@@H](C=C[C@@H]1[C@@H](CC=CCCCC(=O)OC)[C@@H](Br)C[C@H]1OC1CCCCO1)OC1CCCCO1. The van der Waals surface area contributed by atoms with Crippen LogP contribution in [0.5, 0.6) is 0 Å². The Morgan fingerprint density at radius 2 is 1.79 bits per heavy atom. The van der Waals surface area contributed by atoms with E-state index in [-0.39, 0.29) is 36.7 Å². The van der Waals surface area contributed by atoms with Gasteiger partial charge in [-0.05, 0) is 82.5 Å². The molecule has 1 saturated carbocycles. The lowest BCUT2D eigenvalue weighted by Gasteiger charge is -2.31. The smallest absolute Gasteiger partial charge is 0.305 e. The van der Waals surface area contributed by atoms with Crippen molar-refractivity contribution in [2.45, 2.75) is 133 Å². The maximum atomic E-state index is 11.4. The molecule has 0 spiro atoms. The molecule has 8 atom stereocenters. The number of carbonyl (C=O) groups is 1. The minimum Gasteiger partial charge on any atom is -0.469 e. The van der Waals surface area contributed by atoms with Crippen molar-refractivity contribution in [1.82, 2.24) is 0 Å². The van der Waals surface area contributed by atoms with Crippen molar-refractivity contribution in [2.75, 3.05) is 20.3 Å². The van der Waals surface area contributed by atoms with E-state index in [1.807, 2.05) is 0 Å². The fraction of sp³-hybridized carbons (Fsp3) is 0.844. The maximum absolute atomic E-state index is 11.4. The third-order valence-electron chi connectivity index (χ3n) is 8.41. The second-order valence-corrected chi connectivity index (χ2v) is 12.7. The summed E-state index contributed by atoms with van der Waals surface area (Å²) in [6, 6.07) is 0. The van der Waals surface area contributed by atoms with Crippen molar-refractivity contribution in [3.63, 3.8) is 0 Å². The summed E-state index contributed by atoms with van der Waals surface area (Å²) in [7, 11) is 1.45. The van der Waals surface area contributed by atoms with Crippen molar-refractivity contribution in [2.24, 2.45) is 17.8 Å². The van der Waals surface area contributed by atoms with Gasteiger partial charge >= 0.3 is 5.97 Å². The first-order valence-electron chi connectivity index (χ1n) is 15.6. The minimum atomic E-state index is -0.140. The normalized spacial score (nSPS) is 31.6. The topological polar surface area (TPSA) is 63.2 Å². The molecule has 0 aromatic heterocycles. The molecule has 3 fully saturated rings. The van der Waals surface area contributed by atoms with E-state index in [1.165, 1.54) is 32.8 Å². The Morgan fingerprint density at radius 1 is 1.05 bits per heavy atom. The number of ether oxygens (including phenoxy) is 5. The van der Waals surface area contributed by atoms with E-state index in [1.54, 1.807) is 0 Å². The molecule has 0 amide bonds. The van der Waals surface area contributed by atoms with E-state index in [4.69, 9.17) is 23.7 Å². The van der Waals surface area contributed by atoms with E-state index >= 15 is 0 Å². The van der Waals surface area contributed by atoms with Gasteiger partial charge < -0.3 is 23.7 Å². The van der Waals surface area contributed by atoms with Gasteiger partial charge in [0.1, 0.15) is 0 Å². The van der Waals surface area contributed by atoms with Crippen molar-refractivity contribution in [1.29, 1.82) is 0 Å². The summed E-state index contributed by atoms with van der Waals surface area (Å²) in [5, 5.41) is 0. The lowest BCUT2D eigenvalue weighted by Crippen LogP contribution is -2.32. The highest BCUT2D eigenvalue weighted by atomic mass is 79.9. The van der Waals surface area contributed by atoms with Crippen LogP contribution in [-0.4, -0.2) is 55.9 Å². The maximum Gasteiger partial charge on any atom is 0.305 e. The fourth-order valence-corrected chi connectivity index (χ4v) is 6.87. The second kappa shape index (κ2) is 18.7. The van der Waals surface area contributed by atoms with Gasteiger partial charge in [-0.25, -0.2) is 0 Å². The molecule has 6 nitrogen and oxygen atoms in total. The molecule has 0 aromatic rings. The summed E-state index contributed by atoms with van der Waals surface area (Å²) >= 11 is 4.01. The quantitative estimate of drug-likeness (QED) is 0.0764. The van der Waals surface area contributed by atoms with Gasteiger partial charge in [0.2, 0.25) is 0 Å². The predicted molar refractivity (Wildman–Crippen MR) is 159 cm³/mol. The zero-order chi connectivity index (χ0) is 27.9. The van der Waals surface area contributed by atoms with Crippen LogP contribution in [0.2, 0.25) is 0 Å². The molecule has 2 saturated heterocycles. The number of halogens is 1. The largest absolute Gasteiger partial charge is 0.469 e. The van der Waals surface area contributed by atoms with E-state index in [2.05, 4.69) is 54.1 Å². The number of hydrogen-bond donors (Lipinski definition) is 0. The molecule has 3 unspecified atom stereocenters. The molecule has 0 aromatic carbocycles. The Labute approximate surface area is 245 Å². The molecule has 3 aliphatic rings. The number of methoxy groups -OCH3 is 1. The number of rotatable bonds is 16. The van der Waals surface area contributed by atoms with Gasteiger partial charge in [0.15, 0.2) is 12.6 Å². The lowest BCUT2D eigenvalue weighted by atomic mass is 9.89. The molecular weight excluding hydrogens is 560 g/mol. The zero-order valence-corrected chi connectivity index (χ0v) is 26.2. The predicted octanol–water partition coefficient (Wildman–Crippen LogP) is 7.88. The van der Waals surface area contributed by atoms with Gasteiger partial charge in [-0.1, -0.05) is 66.9 Å². The minimum absolute atomic E-state index is 0.0371. The van der Waals surface area contributed by atoms with Crippen LogP contribution in [-0.2, 0) is 28.5 Å². The van der Waals surface area contributed by atoms with E-state index in [0.717, 1.165) is 71.0 Å². The average Bonchev–Trinajstić information content (AvgIpc) is 3.25. The molecule has 7 heteroatoms. The summed E-state index contributed by atoms with van der Waals surface area (Å²) < 4.78 is 29.9. The Hall–Kier alpha value is -0.730. The lowest BCUT2D eigenvalue weighted by molar-refractivity contribution is -0.193. The summed E-state index contributed by atoms with van der Waals surface area (Å²) in [6.07, 6.45) is 23.4. The van der Waals surface area contributed by atoms with Crippen molar-refractivity contribution >= 4 is 21.9 Å². The molecule has 224 valence electrons. The number of allylic oxidation sites excluding steroid dienone is 2. The van der Waals surface area contributed by atoms with E-state index in [9.17, 15) is 4.79 Å². The van der Waals surface area contributed by atoms with Crippen molar-refractivity contribution in [3.8, 4) is 0 Å². The van der Waals surface area contributed by atoms with E-state index < -0.39 is 0 Å². The molecule has 1 aliphatic carbocycles. The van der Waals surface area contributed by atoms with Crippen LogP contribution < -0.4 is 0 Å². The van der Waals surface area contributed by atoms with Crippen LogP contribution in [0.1, 0.15) is 104 Å². The van der Waals surface area contributed by atoms with Gasteiger partial charge in [-0.3, -0.25) is 4.79 Å². The molecule has 0 N–H and O–H groups in total. The molecule has 3 rings (SSSR count). The molecule has 2 aliphatic heterocycles. The number of hydrogen-bond acceptors (Lipinski definition) is 6. The molecule has 0 bridgehead atoms. The van der Waals surface area contributed by atoms with Crippen LogP contribution in [0.25, 0.3) is 0 Å². The van der Waals surface area contributed by atoms with Gasteiger partial charge in [-0.2, -0.15) is 0 Å². The second-order valence-electron chi connectivity index (χ2n) is 11.5. The highest BCUT2D eigenvalue weighted by Gasteiger charge is 2.42. The van der Waals surface area contributed by atoms with Gasteiger partial charge in [-0.15, -0.1) is 0 Å². The number of unbranched alkanes of at least 4 members (excludes halogenated alkanes) is 2. The van der Waals surface area contributed by atoms with Crippen LogP contribution in [0.4, 0.5) is 0 Å². The third kappa shape index (κ3) is 11.6. The standard InChI is InChI=1S/C32H53BrO6/c1-4-5-14-24(2)28(38-31-17-10-12-21-36-31)20-19-26-25(15-8-6-7-9-16-30(34)35-3)27(33)23-29(26)39-32-18-11-13-22-37-32/h6,8,19-20,24-29,31-32H,4-5,7,9-18,21-23H2,1-3H3/t24?,25-,26-,27+,28-,29-,31?,32?/m1/s1. The monoisotopic (exact) mass is 612 g/mol. The molecule has 39 heavy (non-hydrogen) atoms. The first-order chi connectivity index (χ1) is 19.0. The van der Waals surface area contributed by atoms with Crippen molar-refractivity contribution < 1.29 is 28.5 Å². The van der Waals surface area contributed by atoms with Crippen LogP contribution in [0.15, 0.2) is 24.3 Å². The molecule has 2 heterocycles. The summed E-state index contributed by atoms with van der Waals surface area (Å²) in [4.78, 5) is 11.8. The summed E-state index contributed by atoms with van der Waals surface area (Å²) in [6.45, 7) is 6.15. The first kappa shape index (κ1) is 32.8. The Bertz CT molecular complexity index is 730. The highest BCUT2D eigenvalue weighted by Crippen LogP contribution is 2.43. The van der Waals surface area contributed by atoms with Crippen molar-refractivity contribution in [3.05, 3.63) is 24.3 Å². The first-order valence-corrected chi connectivity index (χ1v) is 16.5. The number of esters is 1. The highest BCUT2D eigenvalue weighted by molar-refractivity contribution is 9.09. The van der Waals surface area contributed by atoms with Gasteiger partial charge in [0, 0.05) is 30.4 Å². The molecular formula is C32H53BrO6.